The SMILES string of the molecule is CCOC(=O)[C@@H]1CCCN(CC(=O)Nc2ccc(C)c(Br)c2)C1. The molecule has 0 aromatic heterocycles. The zero-order valence-corrected chi connectivity index (χ0v) is 15.2. The second-order valence-electron chi connectivity index (χ2n) is 5.84. The first-order valence-corrected chi connectivity index (χ1v) is 8.74. The molecule has 1 atom stereocenters. The predicted molar refractivity (Wildman–Crippen MR) is 93.3 cm³/mol. The number of halogens is 1. The average Bonchev–Trinajstić information content (AvgIpc) is 2.51. The first-order valence-electron chi connectivity index (χ1n) is 7.94. The number of carbonyl (C=O) groups is 2. The number of esters is 1. The van der Waals surface area contributed by atoms with E-state index in [1.165, 1.54) is 0 Å². The van der Waals surface area contributed by atoms with Gasteiger partial charge in [0.25, 0.3) is 0 Å². The van der Waals surface area contributed by atoms with E-state index in [4.69, 9.17) is 4.74 Å². The van der Waals surface area contributed by atoms with E-state index in [1.54, 1.807) is 0 Å². The van der Waals surface area contributed by atoms with Gasteiger partial charge in [-0.25, -0.2) is 0 Å². The van der Waals surface area contributed by atoms with Crippen LogP contribution in [0.3, 0.4) is 0 Å². The van der Waals surface area contributed by atoms with Gasteiger partial charge in [0.2, 0.25) is 5.91 Å². The number of benzene rings is 1. The Balaban J connectivity index is 1.86. The number of anilines is 1. The summed E-state index contributed by atoms with van der Waals surface area (Å²) in [4.78, 5) is 26.0. The zero-order chi connectivity index (χ0) is 16.8. The van der Waals surface area contributed by atoms with Crippen molar-refractivity contribution in [2.24, 2.45) is 5.92 Å². The molecule has 0 saturated carbocycles. The van der Waals surface area contributed by atoms with Gasteiger partial charge in [-0.15, -0.1) is 0 Å². The van der Waals surface area contributed by atoms with Crippen LogP contribution in [0.15, 0.2) is 22.7 Å². The van der Waals surface area contributed by atoms with Crippen LogP contribution in [-0.4, -0.2) is 43.0 Å². The maximum atomic E-state index is 12.2. The van der Waals surface area contributed by atoms with Gasteiger partial charge in [-0.3, -0.25) is 14.5 Å². The van der Waals surface area contributed by atoms with Gasteiger partial charge in [0.05, 0.1) is 19.1 Å². The summed E-state index contributed by atoms with van der Waals surface area (Å²) >= 11 is 3.46. The van der Waals surface area contributed by atoms with Crippen LogP contribution in [0, 0.1) is 12.8 Å². The van der Waals surface area contributed by atoms with Gasteiger partial charge in [0.1, 0.15) is 0 Å². The van der Waals surface area contributed by atoms with E-state index in [0.29, 0.717) is 19.7 Å². The zero-order valence-electron chi connectivity index (χ0n) is 13.6. The van der Waals surface area contributed by atoms with E-state index in [1.807, 2.05) is 36.9 Å². The number of rotatable bonds is 5. The number of piperidine rings is 1. The minimum absolute atomic E-state index is 0.0646. The van der Waals surface area contributed by atoms with Gasteiger partial charge >= 0.3 is 5.97 Å². The lowest BCUT2D eigenvalue weighted by atomic mass is 9.98. The lowest BCUT2D eigenvalue weighted by Crippen LogP contribution is -2.43. The highest BCUT2D eigenvalue weighted by atomic mass is 79.9. The summed E-state index contributed by atoms with van der Waals surface area (Å²) < 4.78 is 6.05. The minimum atomic E-state index is -0.153. The molecule has 126 valence electrons. The normalized spacial score (nSPS) is 18.5. The van der Waals surface area contributed by atoms with Crippen LogP contribution < -0.4 is 5.32 Å². The highest BCUT2D eigenvalue weighted by Gasteiger charge is 2.27. The molecule has 0 radical (unpaired) electrons. The quantitative estimate of drug-likeness (QED) is 0.795. The minimum Gasteiger partial charge on any atom is -0.466 e. The van der Waals surface area contributed by atoms with Crippen molar-refractivity contribution < 1.29 is 14.3 Å². The van der Waals surface area contributed by atoms with E-state index < -0.39 is 0 Å². The fourth-order valence-corrected chi connectivity index (χ4v) is 3.10. The van der Waals surface area contributed by atoms with Crippen LogP contribution in [0.4, 0.5) is 5.69 Å². The number of ether oxygens (including phenoxy) is 1. The number of hydrogen-bond acceptors (Lipinski definition) is 4. The molecule has 0 unspecified atom stereocenters. The second-order valence-corrected chi connectivity index (χ2v) is 6.69. The van der Waals surface area contributed by atoms with Crippen LogP contribution in [-0.2, 0) is 14.3 Å². The molecule has 1 aromatic carbocycles. The molecule has 1 N–H and O–H groups in total. The molecule has 5 nitrogen and oxygen atoms in total. The van der Waals surface area contributed by atoms with Crippen LogP contribution in [0.1, 0.15) is 25.3 Å². The Morgan fingerprint density at radius 2 is 2.22 bits per heavy atom. The van der Waals surface area contributed by atoms with Crippen molar-refractivity contribution in [3.63, 3.8) is 0 Å². The average molecular weight is 383 g/mol. The first-order chi connectivity index (χ1) is 11.0. The van der Waals surface area contributed by atoms with Crippen molar-refractivity contribution in [1.82, 2.24) is 4.90 Å². The van der Waals surface area contributed by atoms with E-state index in [0.717, 1.165) is 35.1 Å². The summed E-state index contributed by atoms with van der Waals surface area (Å²) in [6, 6.07) is 5.73. The number of carbonyl (C=O) groups excluding carboxylic acids is 2. The Morgan fingerprint density at radius 3 is 2.91 bits per heavy atom. The van der Waals surface area contributed by atoms with Gasteiger partial charge in [0.15, 0.2) is 0 Å². The molecule has 0 bridgehead atoms. The Kier molecular flexibility index (Phi) is 6.59. The maximum Gasteiger partial charge on any atom is 0.310 e. The van der Waals surface area contributed by atoms with Gasteiger partial charge < -0.3 is 10.1 Å². The van der Waals surface area contributed by atoms with Crippen molar-refractivity contribution in [3.05, 3.63) is 28.2 Å². The number of aryl methyl sites for hydroxylation is 1. The number of amides is 1. The molecule has 1 fully saturated rings. The molecular weight excluding hydrogens is 360 g/mol. The number of nitrogens with one attached hydrogen (secondary N) is 1. The first kappa shape index (κ1) is 17.9. The number of hydrogen-bond donors (Lipinski definition) is 1. The fraction of sp³-hybridized carbons (Fsp3) is 0.529. The van der Waals surface area contributed by atoms with Gasteiger partial charge in [0, 0.05) is 16.7 Å². The van der Waals surface area contributed by atoms with Crippen LogP contribution in [0.25, 0.3) is 0 Å². The van der Waals surface area contributed by atoms with Crippen molar-refractivity contribution in [3.8, 4) is 0 Å². The highest BCUT2D eigenvalue weighted by molar-refractivity contribution is 9.10. The second kappa shape index (κ2) is 8.45. The van der Waals surface area contributed by atoms with Crippen molar-refractivity contribution in [2.75, 3.05) is 31.6 Å². The Morgan fingerprint density at radius 1 is 1.43 bits per heavy atom. The van der Waals surface area contributed by atoms with Crippen molar-refractivity contribution in [2.45, 2.75) is 26.7 Å². The molecule has 1 saturated heterocycles. The predicted octanol–water partition coefficient (Wildman–Crippen LogP) is 2.97. The fourth-order valence-electron chi connectivity index (χ4n) is 2.73. The lowest BCUT2D eigenvalue weighted by molar-refractivity contribution is -0.150. The lowest BCUT2D eigenvalue weighted by Gasteiger charge is -2.30. The molecule has 1 aliphatic heterocycles. The topological polar surface area (TPSA) is 58.6 Å². The van der Waals surface area contributed by atoms with Crippen LogP contribution in [0.5, 0.6) is 0 Å². The molecule has 6 heteroatoms. The van der Waals surface area contributed by atoms with Gasteiger partial charge in [-0.05, 0) is 50.9 Å². The Hall–Kier alpha value is -1.40. The summed E-state index contributed by atoms with van der Waals surface area (Å²) in [5, 5.41) is 2.90. The van der Waals surface area contributed by atoms with E-state index in [9.17, 15) is 9.59 Å². The van der Waals surface area contributed by atoms with Crippen molar-refractivity contribution >= 4 is 33.5 Å². The molecule has 0 aliphatic carbocycles. The van der Waals surface area contributed by atoms with Crippen LogP contribution in [0.2, 0.25) is 0 Å². The van der Waals surface area contributed by atoms with Gasteiger partial charge in [-0.2, -0.15) is 0 Å². The summed E-state index contributed by atoms with van der Waals surface area (Å²) in [6.45, 7) is 5.93. The Labute approximate surface area is 145 Å². The molecule has 23 heavy (non-hydrogen) atoms. The third-order valence-electron chi connectivity index (χ3n) is 3.95. The monoisotopic (exact) mass is 382 g/mol. The van der Waals surface area contributed by atoms with Gasteiger partial charge in [-0.1, -0.05) is 22.0 Å². The summed E-state index contributed by atoms with van der Waals surface area (Å²) in [7, 11) is 0. The highest BCUT2D eigenvalue weighted by Crippen LogP contribution is 2.21. The smallest absolute Gasteiger partial charge is 0.310 e. The van der Waals surface area contributed by atoms with E-state index in [-0.39, 0.29) is 17.8 Å². The maximum absolute atomic E-state index is 12.2. The number of likely N-dealkylation sites (tertiary alicyclic amines) is 1. The molecule has 2 rings (SSSR count). The largest absolute Gasteiger partial charge is 0.466 e. The summed E-state index contributed by atoms with van der Waals surface area (Å²) in [5.41, 5.74) is 1.89. The molecule has 0 spiro atoms. The van der Waals surface area contributed by atoms with Crippen LogP contribution >= 0.6 is 15.9 Å². The molecular formula is C17H23BrN2O3. The molecule has 1 amide bonds. The van der Waals surface area contributed by atoms with E-state index in [2.05, 4.69) is 21.2 Å². The summed E-state index contributed by atoms with van der Waals surface area (Å²) in [5.74, 6) is -0.338. The summed E-state index contributed by atoms with van der Waals surface area (Å²) in [6.07, 6.45) is 1.74. The van der Waals surface area contributed by atoms with Crippen molar-refractivity contribution in [1.29, 1.82) is 0 Å². The molecule has 1 aliphatic rings. The van der Waals surface area contributed by atoms with E-state index >= 15 is 0 Å². The third-order valence-corrected chi connectivity index (χ3v) is 4.80. The standard InChI is InChI=1S/C17H23BrN2O3/c1-3-23-17(22)13-5-4-8-20(10-13)11-16(21)19-14-7-6-12(2)15(18)9-14/h6-7,9,13H,3-5,8,10-11H2,1-2H3,(H,19,21)/t13-/m1/s1. The molecule has 1 heterocycles. The third kappa shape index (κ3) is 5.32. The molecule has 1 aromatic rings. The number of nitrogens with zero attached hydrogens (tertiary/aromatic N) is 1. The Bertz CT molecular complexity index is 577.